The van der Waals surface area contributed by atoms with Gasteiger partial charge < -0.3 is 14.2 Å². The van der Waals surface area contributed by atoms with E-state index in [4.69, 9.17) is 25.8 Å². The number of fused-ring (bicyclic) bond motifs is 1. The van der Waals surface area contributed by atoms with E-state index in [1.54, 1.807) is 6.07 Å². The molecule has 264 valence electrons. The Kier molecular flexibility index (Phi) is 16.3. The molecule has 0 fully saturated rings. The van der Waals surface area contributed by atoms with Gasteiger partial charge in [-0.25, -0.2) is 9.18 Å². The zero-order valence-corrected chi connectivity index (χ0v) is 31.3. The fraction of sp³-hybridized carbons (Fsp3) is 0.419. The molecule has 3 aromatic rings. The van der Waals surface area contributed by atoms with Gasteiger partial charge >= 0.3 is 5.97 Å². The van der Waals surface area contributed by atoms with E-state index in [1.165, 1.54) is 17.7 Å². The first-order valence-corrected chi connectivity index (χ1v) is 18.0. The summed E-state index contributed by atoms with van der Waals surface area (Å²) in [6.07, 6.45) is 8.81. The molecule has 0 aromatic heterocycles. The van der Waals surface area contributed by atoms with Crippen molar-refractivity contribution in [1.29, 1.82) is 0 Å². The predicted molar refractivity (Wildman–Crippen MR) is 205 cm³/mol. The van der Waals surface area contributed by atoms with Crippen molar-refractivity contribution < 1.29 is 23.4 Å². The summed E-state index contributed by atoms with van der Waals surface area (Å²) in [7, 11) is 0. The molecule has 0 bridgehead atoms. The summed E-state index contributed by atoms with van der Waals surface area (Å²) >= 11 is 6.94. The van der Waals surface area contributed by atoms with Crippen LogP contribution in [0.3, 0.4) is 0 Å². The minimum Gasteiger partial charge on any atom is -0.493 e. The number of rotatable bonds is 19. The van der Waals surface area contributed by atoms with E-state index in [9.17, 15) is 9.18 Å². The van der Waals surface area contributed by atoms with Crippen LogP contribution in [0.15, 0.2) is 84.0 Å². The van der Waals surface area contributed by atoms with Crippen LogP contribution in [-0.2, 0) is 14.3 Å². The van der Waals surface area contributed by atoms with Gasteiger partial charge in [-0.2, -0.15) is 0 Å². The first-order valence-electron chi connectivity index (χ1n) is 17.6. The van der Waals surface area contributed by atoms with Crippen molar-refractivity contribution >= 4 is 39.5 Å². The SMILES string of the molecule is C=C(C)/C(=C(/C)C(C)CC)c1c(Cl)ccc(/C(CCCOc2cccc3cc(F)ccc23)=C(\C)C(=O)OCC/C=C/CCOCCC)c1C. The van der Waals surface area contributed by atoms with Crippen LogP contribution >= 0.6 is 11.6 Å². The number of hydrogen-bond donors (Lipinski definition) is 0. The van der Waals surface area contributed by atoms with Gasteiger partial charge in [0.05, 0.1) is 19.8 Å². The Morgan fingerprint density at radius 1 is 0.980 bits per heavy atom. The third-order valence-electron chi connectivity index (χ3n) is 9.01. The molecule has 0 heterocycles. The van der Waals surface area contributed by atoms with Crippen LogP contribution in [0.4, 0.5) is 4.39 Å². The minimum atomic E-state index is -0.339. The second-order valence-corrected chi connectivity index (χ2v) is 13.1. The lowest BCUT2D eigenvalue weighted by Gasteiger charge is -2.23. The van der Waals surface area contributed by atoms with Gasteiger partial charge in [0.15, 0.2) is 0 Å². The number of carbonyl (C=O) groups excluding carboxylic acids is 1. The molecule has 0 aliphatic rings. The molecule has 0 radical (unpaired) electrons. The number of ether oxygens (including phenoxy) is 3. The number of esters is 1. The monoisotopic (exact) mass is 688 g/mol. The van der Waals surface area contributed by atoms with Crippen molar-refractivity contribution in [2.75, 3.05) is 26.4 Å². The van der Waals surface area contributed by atoms with Crippen LogP contribution in [0.1, 0.15) is 96.8 Å². The Morgan fingerprint density at radius 3 is 2.41 bits per heavy atom. The molecule has 0 N–H and O–H groups in total. The van der Waals surface area contributed by atoms with E-state index in [-0.39, 0.29) is 11.8 Å². The molecular formula is C43H54ClFO4. The Morgan fingerprint density at radius 2 is 1.71 bits per heavy atom. The maximum atomic E-state index is 13.8. The molecule has 3 aromatic carbocycles. The van der Waals surface area contributed by atoms with Crippen LogP contribution in [0.2, 0.25) is 5.02 Å². The Balaban J connectivity index is 1.91. The van der Waals surface area contributed by atoms with Gasteiger partial charge in [-0.05, 0) is 130 Å². The highest BCUT2D eigenvalue weighted by atomic mass is 35.5. The Hall–Kier alpha value is -3.67. The molecule has 3 rings (SSSR count). The minimum absolute atomic E-state index is 0.281. The van der Waals surface area contributed by atoms with Crippen molar-refractivity contribution in [3.63, 3.8) is 0 Å². The van der Waals surface area contributed by atoms with Crippen molar-refractivity contribution in [2.24, 2.45) is 5.92 Å². The molecule has 0 saturated carbocycles. The van der Waals surface area contributed by atoms with E-state index >= 15 is 0 Å². The topological polar surface area (TPSA) is 44.8 Å². The van der Waals surface area contributed by atoms with Crippen molar-refractivity contribution in [3.8, 4) is 5.75 Å². The zero-order valence-electron chi connectivity index (χ0n) is 30.5. The standard InChI is InChI=1S/C43H54ClFO4/c1-9-24-47-25-13-11-12-14-26-49-43(46)33(8)36(18-16-27-48-40-19-15-17-34-28-35(45)20-21-38(34)40)37-22-23-39(44)42(32(37)7)41(29(3)4)31(6)30(5)10-2/h11-12,15,17,19-23,28,30H,3,9-10,13-14,16,18,24-27H2,1-2,4-8H3/b12-11+,36-33+,41-31+. The second-order valence-electron chi connectivity index (χ2n) is 12.7. The normalized spacial score (nSPS) is 13.3. The number of hydrogen-bond acceptors (Lipinski definition) is 4. The Bertz CT molecular complexity index is 1680. The van der Waals surface area contributed by atoms with E-state index in [1.807, 2.05) is 50.3 Å². The third-order valence-corrected chi connectivity index (χ3v) is 9.33. The quantitative estimate of drug-likeness (QED) is 0.0413. The molecule has 1 unspecified atom stereocenters. The summed E-state index contributed by atoms with van der Waals surface area (Å²) in [6.45, 7) is 21.1. The molecule has 0 aliphatic heterocycles. The number of carbonyl (C=O) groups is 1. The summed E-state index contributed by atoms with van der Waals surface area (Å²) in [5, 5.41) is 2.30. The van der Waals surface area contributed by atoms with Gasteiger partial charge in [-0.3, -0.25) is 0 Å². The first-order chi connectivity index (χ1) is 23.5. The lowest BCUT2D eigenvalue weighted by molar-refractivity contribution is -0.138. The van der Waals surface area contributed by atoms with Gasteiger partial charge in [-0.1, -0.05) is 80.4 Å². The average molecular weight is 689 g/mol. The highest BCUT2D eigenvalue weighted by Crippen LogP contribution is 2.40. The predicted octanol–water partition coefficient (Wildman–Crippen LogP) is 12.3. The summed E-state index contributed by atoms with van der Waals surface area (Å²) in [5.41, 5.74) is 7.64. The van der Waals surface area contributed by atoms with Crippen LogP contribution in [-0.4, -0.2) is 32.4 Å². The second kappa shape index (κ2) is 20.1. The maximum Gasteiger partial charge on any atom is 0.334 e. The number of allylic oxidation sites excluding steroid dienone is 4. The summed E-state index contributed by atoms with van der Waals surface area (Å²) < 4.78 is 31.3. The van der Waals surface area contributed by atoms with Gasteiger partial charge in [0.2, 0.25) is 0 Å². The van der Waals surface area contributed by atoms with Crippen LogP contribution in [0.25, 0.3) is 21.9 Å². The lowest BCUT2D eigenvalue weighted by atomic mass is 9.83. The number of benzene rings is 3. The van der Waals surface area contributed by atoms with E-state index in [0.717, 1.165) is 70.1 Å². The van der Waals surface area contributed by atoms with Crippen LogP contribution in [0.5, 0.6) is 5.75 Å². The smallest absolute Gasteiger partial charge is 0.334 e. The zero-order chi connectivity index (χ0) is 35.9. The Labute approximate surface area is 298 Å². The van der Waals surface area contributed by atoms with Gasteiger partial charge in [-0.15, -0.1) is 0 Å². The van der Waals surface area contributed by atoms with Crippen molar-refractivity contribution in [3.05, 3.63) is 112 Å². The average Bonchev–Trinajstić information content (AvgIpc) is 3.08. The van der Waals surface area contributed by atoms with Crippen molar-refractivity contribution in [1.82, 2.24) is 0 Å². The fourth-order valence-electron chi connectivity index (χ4n) is 6.00. The van der Waals surface area contributed by atoms with E-state index in [2.05, 4.69) is 47.3 Å². The van der Waals surface area contributed by atoms with Gasteiger partial charge in [0.1, 0.15) is 11.6 Å². The van der Waals surface area contributed by atoms with E-state index < -0.39 is 0 Å². The molecule has 6 heteroatoms. The summed E-state index contributed by atoms with van der Waals surface area (Å²) in [6, 6.07) is 14.3. The van der Waals surface area contributed by atoms with Gasteiger partial charge in [0, 0.05) is 28.2 Å². The van der Waals surface area contributed by atoms with Crippen molar-refractivity contribution in [2.45, 2.75) is 87.0 Å². The number of halogens is 2. The van der Waals surface area contributed by atoms with Crippen LogP contribution < -0.4 is 4.74 Å². The first kappa shape index (κ1) is 39.8. The van der Waals surface area contributed by atoms with Gasteiger partial charge in [0.25, 0.3) is 0 Å². The third kappa shape index (κ3) is 11.2. The molecule has 0 saturated heterocycles. The summed E-state index contributed by atoms with van der Waals surface area (Å²) in [4.78, 5) is 13.5. The molecule has 1 atom stereocenters. The molecule has 0 spiro atoms. The van der Waals surface area contributed by atoms with E-state index in [0.29, 0.717) is 61.3 Å². The molecule has 0 amide bonds. The molecule has 4 nitrogen and oxygen atoms in total. The maximum absolute atomic E-state index is 13.8. The summed E-state index contributed by atoms with van der Waals surface area (Å²) in [5.74, 6) is 0.439. The lowest BCUT2D eigenvalue weighted by Crippen LogP contribution is -2.11. The molecule has 49 heavy (non-hydrogen) atoms. The molecular weight excluding hydrogens is 635 g/mol. The van der Waals surface area contributed by atoms with Crippen LogP contribution in [0, 0.1) is 18.7 Å². The fourth-order valence-corrected chi connectivity index (χ4v) is 6.30. The highest BCUT2D eigenvalue weighted by Gasteiger charge is 2.22. The largest absolute Gasteiger partial charge is 0.493 e. The highest BCUT2D eigenvalue weighted by molar-refractivity contribution is 6.33. The molecule has 0 aliphatic carbocycles.